The fourth-order valence-electron chi connectivity index (χ4n) is 1.23. The minimum Gasteiger partial charge on any atom is -0.445 e. The topological polar surface area (TPSA) is 38.3 Å². The summed E-state index contributed by atoms with van der Waals surface area (Å²) in [7, 11) is 0. The maximum absolute atomic E-state index is 11.3. The Morgan fingerprint density at radius 2 is 2.12 bits per heavy atom. The molecule has 0 saturated heterocycles. The minimum absolute atomic E-state index is 0.0979. The van der Waals surface area contributed by atoms with Crippen LogP contribution in [0, 0.1) is 0 Å². The number of amides is 1. The van der Waals surface area contributed by atoms with Gasteiger partial charge in [-0.2, -0.15) is 12.6 Å². The molecule has 1 aromatic carbocycles. The van der Waals surface area contributed by atoms with E-state index in [0.717, 1.165) is 17.7 Å². The lowest BCUT2D eigenvalue weighted by molar-refractivity contribution is 0.136. The van der Waals surface area contributed by atoms with Crippen molar-refractivity contribution in [2.75, 3.05) is 5.75 Å². The van der Waals surface area contributed by atoms with Crippen LogP contribution in [0.15, 0.2) is 30.3 Å². The molecule has 0 aliphatic carbocycles. The standard InChI is InChI=1S/C12H17NO2S/c1-10(7-8-16)13-12(14)15-9-11-5-3-2-4-6-11/h2-6,10,16H,7-9H2,1H3,(H,13,14). The van der Waals surface area contributed by atoms with Gasteiger partial charge in [0.15, 0.2) is 0 Å². The molecule has 4 heteroatoms. The molecule has 1 aromatic rings. The maximum atomic E-state index is 11.3. The molecule has 0 aromatic heterocycles. The third kappa shape index (κ3) is 5.07. The lowest BCUT2D eigenvalue weighted by atomic mass is 10.2. The van der Waals surface area contributed by atoms with Crippen molar-refractivity contribution in [1.82, 2.24) is 5.32 Å². The normalized spacial score (nSPS) is 11.9. The summed E-state index contributed by atoms with van der Waals surface area (Å²) in [6.45, 7) is 2.24. The number of hydrogen-bond acceptors (Lipinski definition) is 3. The fourth-order valence-corrected chi connectivity index (χ4v) is 1.62. The zero-order chi connectivity index (χ0) is 11.8. The lowest BCUT2D eigenvalue weighted by Gasteiger charge is -2.12. The van der Waals surface area contributed by atoms with Crippen molar-refractivity contribution in [1.29, 1.82) is 0 Å². The highest BCUT2D eigenvalue weighted by atomic mass is 32.1. The molecule has 3 nitrogen and oxygen atoms in total. The zero-order valence-corrected chi connectivity index (χ0v) is 10.2. The molecule has 0 spiro atoms. The Morgan fingerprint density at radius 1 is 1.44 bits per heavy atom. The summed E-state index contributed by atoms with van der Waals surface area (Å²) >= 11 is 4.10. The summed E-state index contributed by atoms with van der Waals surface area (Å²) in [6.07, 6.45) is 0.460. The van der Waals surface area contributed by atoms with Crippen LogP contribution < -0.4 is 5.32 Å². The number of ether oxygens (including phenoxy) is 1. The second kappa shape index (κ2) is 7.17. The Morgan fingerprint density at radius 3 is 2.75 bits per heavy atom. The number of benzene rings is 1. The van der Waals surface area contributed by atoms with Gasteiger partial charge in [-0.1, -0.05) is 30.3 Å². The van der Waals surface area contributed by atoms with Crippen LogP contribution in [0.2, 0.25) is 0 Å². The highest BCUT2D eigenvalue weighted by molar-refractivity contribution is 7.80. The van der Waals surface area contributed by atoms with Crippen molar-refractivity contribution in [3.8, 4) is 0 Å². The summed E-state index contributed by atoms with van der Waals surface area (Å²) < 4.78 is 5.07. The Balaban J connectivity index is 2.25. The molecule has 1 rings (SSSR count). The van der Waals surface area contributed by atoms with Crippen LogP contribution in [-0.4, -0.2) is 17.9 Å². The number of carbonyl (C=O) groups is 1. The Kier molecular flexibility index (Phi) is 5.78. The average molecular weight is 239 g/mol. The van der Waals surface area contributed by atoms with Gasteiger partial charge in [-0.05, 0) is 24.7 Å². The molecule has 0 saturated carbocycles. The molecular weight excluding hydrogens is 222 g/mol. The molecule has 1 atom stereocenters. The van der Waals surface area contributed by atoms with Gasteiger partial charge in [0.05, 0.1) is 0 Å². The Bertz CT molecular complexity index is 316. The fraction of sp³-hybridized carbons (Fsp3) is 0.417. The largest absolute Gasteiger partial charge is 0.445 e. The van der Waals surface area contributed by atoms with Crippen LogP contribution in [0.1, 0.15) is 18.9 Å². The third-order valence-electron chi connectivity index (χ3n) is 2.14. The predicted molar refractivity (Wildman–Crippen MR) is 67.7 cm³/mol. The second-order valence-electron chi connectivity index (χ2n) is 3.62. The smallest absolute Gasteiger partial charge is 0.407 e. The van der Waals surface area contributed by atoms with Crippen LogP contribution in [0.5, 0.6) is 0 Å². The van der Waals surface area contributed by atoms with Crippen molar-refractivity contribution in [3.63, 3.8) is 0 Å². The summed E-state index contributed by atoms with van der Waals surface area (Å²) in [5.74, 6) is 0.750. The van der Waals surface area contributed by atoms with E-state index in [-0.39, 0.29) is 12.1 Å². The first-order valence-electron chi connectivity index (χ1n) is 5.30. The van der Waals surface area contributed by atoms with Gasteiger partial charge in [0.2, 0.25) is 0 Å². The molecule has 0 heterocycles. The van der Waals surface area contributed by atoms with E-state index in [1.807, 2.05) is 37.3 Å². The molecule has 0 aliphatic rings. The molecular formula is C12H17NO2S. The molecule has 88 valence electrons. The average Bonchev–Trinajstić information content (AvgIpc) is 2.28. The zero-order valence-electron chi connectivity index (χ0n) is 9.35. The van der Waals surface area contributed by atoms with Crippen LogP contribution in [0.4, 0.5) is 4.79 Å². The number of nitrogens with one attached hydrogen (secondary N) is 1. The van der Waals surface area contributed by atoms with E-state index in [0.29, 0.717) is 6.61 Å². The maximum Gasteiger partial charge on any atom is 0.407 e. The van der Waals surface area contributed by atoms with Crippen molar-refractivity contribution in [2.24, 2.45) is 0 Å². The Labute approximate surface area is 102 Å². The molecule has 0 bridgehead atoms. The first-order valence-corrected chi connectivity index (χ1v) is 5.93. The second-order valence-corrected chi connectivity index (χ2v) is 4.07. The van der Waals surface area contributed by atoms with Crippen molar-refractivity contribution < 1.29 is 9.53 Å². The van der Waals surface area contributed by atoms with Gasteiger partial charge < -0.3 is 10.1 Å². The predicted octanol–water partition coefficient (Wildman–Crippen LogP) is 2.62. The van der Waals surface area contributed by atoms with Gasteiger partial charge in [0, 0.05) is 6.04 Å². The summed E-state index contributed by atoms with van der Waals surface area (Å²) in [6, 6.07) is 9.70. The third-order valence-corrected chi connectivity index (χ3v) is 2.40. The first kappa shape index (κ1) is 12.9. The van der Waals surface area contributed by atoms with Gasteiger partial charge in [-0.15, -0.1) is 0 Å². The van der Waals surface area contributed by atoms with Gasteiger partial charge in [-0.25, -0.2) is 4.79 Å². The van der Waals surface area contributed by atoms with Crippen molar-refractivity contribution in [3.05, 3.63) is 35.9 Å². The Hall–Kier alpha value is -1.16. The van der Waals surface area contributed by atoms with Crippen LogP contribution >= 0.6 is 12.6 Å². The van der Waals surface area contributed by atoms with E-state index in [4.69, 9.17) is 4.74 Å². The van der Waals surface area contributed by atoms with Crippen LogP contribution in [0.3, 0.4) is 0 Å². The monoisotopic (exact) mass is 239 g/mol. The molecule has 0 radical (unpaired) electrons. The van der Waals surface area contributed by atoms with E-state index in [2.05, 4.69) is 17.9 Å². The van der Waals surface area contributed by atoms with Gasteiger partial charge in [0.1, 0.15) is 6.61 Å². The van der Waals surface area contributed by atoms with E-state index in [1.54, 1.807) is 0 Å². The highest BCUT2D eigenvalue weighted by Crippen LogP contribution is 2.01. The van der Waals surface area contributed by atoms with E-state index in [1.165, 1.54) is 0 Å². The SMILES string of the molecule is CC(CCS)NC(=O)OCc1ccccc1. The van der Waals surface area contributed by atoms with E-state index < -0.39 is 0 Å². The lowest BCUT2D eigenvalue weighted by Crippen LogP contribution is -2.33. The van der Waals surface area contributed by atoms with E-state index in [9.17, 15) is 4.79 Å². The first-order chi connectivity index (χ1) is 7.72. The van der Waals surface area contributed by atoms with Crippen molar-refractivity contribution in [2.45, 2.75) is 26.0 Å². The number of thiol groups is 1. The quantitative estimate of drug-likeness (QED) is 0.775. The van der Waals surface area contributed by atoms with E-state index >= 15 is 0 Å². The highest BCUT2D eigenvalue weighted by Gasteiger charge is 2.07. The van der Waals surface area contributed by atoms with Gasteiger partial charge in [-0.3, -0.25) is 0 Å². The van der Waals surface area contributed by atoms with Crippen LogP contribution in [0.25, 0.3) is 0 Å². The summed E-state index contributed by atoms with van der Waals surface area (Å²) in [4.78, 5) is 11.3. The molecule has 1 unspecified atom stereocenters. The minimum atomic E-state index is -0.377. The molecule has 0 fully saturated rings. The van der Waals surface area contributed by atoms with Crippen LogP contribution in [-0.2, 0) is 11.3 Å². The molecule has 16 heavy (non-hydrogen) atoms. The summed E-state index contributed by atoms with van der Waals surface area (Å²) in [5.41, 5.74) is 0.986. The number of carbonyl (C=O) groups excluding carboxylic acids is 1. The molecule has 1 amide bonds. The number of alkyl carbamates (subject to hydrolysis) is 1. The molecule has 0 aliphatic heterocycles. The summed E-state index contributed by atoms with van der Waals surface area (Å²) in [5, 5.41) is 2.74. The number of rotatable bonds is 5. The van der Waals surface area contributed by atoms with Gasteiger partial charge in [0.25, 0.3) is 0 Å². The van der Waals surface area contributed by atoms with Crippen molar-refractivity contribution >= 4 is 18.7 Å². The number of hydrogen-bond donors (Lipinski definition) is 2. The molecule has 1 N–H and O–H groups in total. The van der Waals surface area contributed by atoms with Gasteiger partial charge >= 0.3 is 6.09 Å².